The van der Waals surface area contributed by atoms with Crippen molar-refractivity contribution in [2.24, 2.45) is 22.0 Å². The summed E-state index contributed by atoms with van der Waals surface area (Å²) in [6.45, 7) is 0.758. The molecule has 4 N–H and O–H groups in total. The van der Waals surface area contributed by atoms with Gasteiger partial charge in [-0.1, -0.05) is 84.9 Å². The number of nitrogens with zero attached hydrogens (tertiary/aromatic N) is 2. The predicted molar refractivity (Wildman–Crippen MR) is 149 cm³/mol. The van der Waals surface area contributed by atoms with Crippen LogP contribution in [0, 0.1) is 11.8 Å². The van der Waals surface area contributed by atoms with E-state index < -0.39 is 23.7 Å². The van der Waals surface area contributed by atoms with Gasteiger partial charge in [0.05, 0.1) is 12.4 Å². The monoisotopic (exact) mass is 536 g/mol. The SMILES string of the molecule is O=C1NC[C@@H](c2ccccc2)[C@H]1C(=O)N/N=C/c1ccccc1/C=N\NC(=O)[C@@H]1C(=O)NC[C@H]1c1ccccc1. The number of carbonyl (C=O) groups is 4. The van der Waals surface area contributed by atoms with Crippen LogP contribution in [-0.4, -0.2) is 49.1 Å². The molecule has 2 heterocycles. The molecular weight excluding hydrogens is 508 g/mol. The van der Waals surface area contributed by atoms with Gasteiger partial charge in [-0.25, -0.2) is 10.9 Å². The minimum atomic E-state index is -0.890. The summed E-state index contributed by atoms with van der Waals surface area (Å²) in [4.78, 5) is 50.5. The van der Waals surface area contributed by atoms with Gasteiger partial charge in [-0.05, 0) is 11.1 Å². The van der Waals surface area contributed by atoms with Crippen LogP contribution in [0.5, 0.6) is 0 Å². The zero-order valence-corrected chi connectivity index (χ0v) is 21.5. The Morgan fingerprint density at radius 3 is 1.40 bits per heavy atom. The Bertz CT molecular complexity index is 1350. The van der Waals surface area contributed by atoms with Gasteiger partial charge in [0.25, 0.3) is 11.8 Å². The summed E-state index contributed by atoms with van der Waals surface area (Å²) >= 11 is 0. The number of nitrogens with one attached hydrogen (secondary N) is 4. The lowest BCUT2D eigenvalue weighted by Crippen LogP contribution is -2.34. The molecule has 10 nitrogen and oxygen atoms in total. The second-order valence-electron chi connectivity index (χ2n) is 9.58. The molecule has 5 rings (SSSR count). The average molecular weight is 537 g/mol. The molecule has 2 aliphatic heterocycles. The maximum absolute atomic E-state index is 12.9. The van der Waals surface area contributed by atoms with Crippen LogP contribution in [0.2, 0.25) is 0 Å². The summed E-state index contributed by atoms with van der Waals surface area (Å²) in [5, 5.41) is 13.6. The molecule has 0 radical (unpaired) electrons. The van der Waals surface area contributed by atoms with Crippen LogP contribution in [0.25, 0.3) is 0 Å². The van der Waals surface area contributed by atoms with E-state index in [1.807, 2.05) is 60.7 Å². The van der Waals surface area contributed by atoms with Crippen molar-refractivity contribution in [1.82, 2.24) is 21.5 Å². The Labute approximate surface area is 230 Å². The van der Waals surface area contributed by atoms with Gasteiger partial charge in [0, 0.05) is 36.1 Å². The van der Waals surface area contributed by atoms with E-state index in [2.05, 4.69) is 31.7 Å². The van der Waals surface area contributed by atoms with E-state index in [4.69, 9.17) is 0 Å². The number of hydrogen-bond acceptors (Lipinski definition) is 6. The molecule has 2 saturated heterocycles. The van der Waals surface area contributed by atoms with Crippen molar-refractivity contribution in [2.75, 3.05) is 13.1 Å². The molecule has 40 heavy (non-hydrogen) atoms. The first-order valence-electron chi connectivity index (χ1n) is 12.9. The van der Waals surface area contributed by atoms with Gasteiger partial charge >= 0.3 is 0 Å². The predicted octanol–water partition coefficient (Wildman–Crippen LogP) is 1.65. The molecule has 0 spiro atoms. The van der Waals surface area contributed by atoms with E-state index in [-0.39, 0.29) is 23.7 Å². The van der Waals surface area contributed by atoms with E-state index >= 15 is 0 Å². The largest absolute Gasteiger partial charge is 0.355 e. The molecule has 10 heteroatoms. The van der Waals surface area contributed by atoms with Crippen molar-refractivity contribution >= 4 is 36.1 Å². The first kappa shape index (κ1) is 26.5. The van der Waals surface area contributed by atoms with E-state index in [0.717, 1.165) is 11.1 Å². The molecule has 0 aromatic heterocycles. The normalized spacial score (nSPS) is 22.3. The molecular formula is C30H28N6O4. The van der Waals surface area contributed by atoms with Crippen LogP contribution >= 0.6 is 0 Å². The van der Waals surface area contributed by atoms with Crippen LogP contribution < -0.4 is 21.5 Å². The lowest BCUT2D eigenvalue weighted by molar-refractivity contribution is -0.135. The Hall–Kier alpha value is -5.12. The maximum Gasteiger partial charge on any atom is 0.253 e. The van der Waals surface area contributed by atoms with Crippen LogP contribution in [0.4, 0.5) is 0 Å². The average Bonchev–Trinajstić information content (AvgIpc) is 3.57. The van der Waals surface area contributed by atoms with E-state index in [1.165, 1.54) is 12.4 Å². The first-order valence-corrected chi connectivity index (χ1v) is 12.9. The highest BCUT2D eigenvalue weighted by Crippen LogP contribution is 2.30. The quantitative estimate of drug-likeness (QED) is 0.197. The highest BCUT2D eigenvalue weighted by atomic mass is 16.2. The topological polar surface area (TPSA) is 141 Å². The lowest BCUT2D eigenvalue weighted by Gasteiger charge is -2.15. The van der Waals surface area contributed by atoms with E-state index in [0.29, 0.717) is 24.2 Å². The molecule has 0 bridgehead atoms. The maximum atomic E-state index is 12.9. The summed E-state index contributed by atoms with van der Waals surface area (Å²) in [6.07, 6.45) is 2.89. The number of benzene rings is 3. The number of rotatable bonds is 8. The highest BCUT2D eigenvalue weighted by Gasteiger charge is 2.42. The van der Waals surface area contributed by atoms with Gasteiger partial charge in [-0.2, -0.15) is 10.2 Å². The van der Waals surface area contributed by atoms with Crippen LogP contribution in [0.1, 0.15) is 34.1 Å². The van der Waals surface area contributed by atoms with Crippen molar-refractivity contribution in [1.29, 1.82) is 0 Å². The van der Waals surface area contributed by atoms with Gasteiger partial charge in [0.1, 0.15) is 11.8 Å². The molecule has 4 amide bonds. The van der Waals surface area contributed by atoms with Crippen molar-refractivity contribution < 1.29 is 19.2 Å². The second kappa shape index (κ2) is 12.2. The third-order valence-corrected chi connectivity index (χ3v) is 7.14. The molecule has 202 valence electrons. The van der Waals surface area contributed by atoms with Crippen LogP contribution in [0.3, 0.4) is 0 Å². The number of hydrazone groups is 2. The summed E-state index contributed by atoms with van der Waals surface area (Å²) < 4.78 is 0. The smallest absolute Gasteiger partial charge is 0.253 e. The van der Waals surface area contributed by atoms with Crippen molar-refractivity contribution in [3.8, 4) is 0 Å². The van der Waals surface area contributed by atoms with Crippen molar-refractivity contribution in [3.63, 3.8) is 0 Å². The fourth-order valence-corrected chi connectivity index (χ4v) is 5.08. The fourth-order valence-electron chi connectivity index (χ4n) is 5.08. The van der Waals surface area contributed by atoms with E-state index in [9.17, 15) is 19.2 Å². The fraction of sp³-hybridized carbons (Fsp3) is 0.200. The Morgan fingerprint density at radius 1 is 0.625 bits per heavy atom. The summed E-state index contributed by atoms with van der Waals surface area (Å²) in [5.41, 5.74) is 8.00. The van der Waals surface area contributed by atoms with Gasteiger partial charge < -0.3 is 10.6 Å². The standard InChI is InChI=1S/C30H28N6O4/c37-27-25(23(17-31-27)19-9-3-1-4-10-19)29(39)35-33-15-21-13-7-8-14-22(21)16-34-36-30(40)26-24(18-32-28(26)38)20-11-5-2-6-12-20/h1-16,23-26H,17-18H2,(H,31,37)(H,32,38)(H,35,39)(H,36,40)/b33-15-,34-16+/t23-,24-,25-,26+/m0/s1. The Morgan fingerprint density at radius 2 is 1.00 bits per heavy atom. The summed E-state index contributed by atoms with van der Waals surface area (Å²) in [5.74, 6) is -4.02. The van der Waals surface area contributed by atoms with Gasteiger partial charge in [0.2, 0.25) is 11.8 Å². The zero-order chi connectivity index (χ0) is 27.9. The van der Waals surface area contributed by atoms with Crippen LogP contribution in [0.15, 0.2) is 95.1 Å². The van der Waals surface area contributed by atoms with Gasteiger partial charge in [-0.3, -0.25) is 19.2 Å². The zero-order valence-electron chi connectivity index (χ0n) is 21.5. The summed E-state index contributed by atoms with van der Waals surface area (Å²) in [7, 11) is 0. The molecule has 0 saturated carbocycles. The first-order chi connectivity index (χ1) is 19.5. The number of carbonyl (C=O) groups excluding carboxylic acids is 4. The minimum Gasteiger partial charge on any atom is -0.355 e. The Balaban J connectivity index is 1.22. The van der Waals surface area contributed by atoms with Crippen LogP contribution in [-0.2, 0) is 19.2 Å². The minimum absolute atomic E-state index is 0.282. The third-order valence-electron chi connectivity index (χ3n) is 7.14. The van der Waals surface area contributed by atoms with E-state index in [1.54, 1.807) is 24.3 Å². The highest BCUT2D eigenvalue weighted by molar-refractivity contribution is 6.04. The van der Waals surface area contributed by atoms with Crippen molar-refractivity contribution in [3.05, 3.63) is 107 Å². The molecule has 2 fully saturated rings. The molecule has 3 aromatic rings. The number of amides is 4. The summed E-state index contributed by atoms with van der Waals surface area (Å²) in [6, 6.07) is 25.9. The molecule has 0 aliphatic carbocycles. The van der Waals surface area contributed by atoms with Gasteiger partial charge in [0.15, 0.2) is 0 Å². The molecule has 2 aliphatic rings. The second-order valence-corrected chi connectivity index (χ2v) is 9.58. The number of hydrogen-bond donors (Lipinski definition) is 4. The van der Waals surface area contributed by atoms with Crippen molar-refractivity contribution in [2.45, 2.75) is 11.8 Å². The third kappa shape index (κ3) is 5.80. The van der Waals surface area contributed by atoms with Gasteiger partial charge in [-0.15, -0.1) is 0 Å². The molecule has 3 aromatic carbocycles. The molecule has 4 atom stereocenters. The molecule has 0 unspecified atom stereocenters. The Kier molecular flexibility index (Phi) is 8.05. The lowest BCUT2D eigenvalue weighted by atomic mass is 9.88.